The summed E-state index contributed by atoms with van der Waals surface area (Å²) in [6.45, 7) is 0.551. The molecular weight excluding hydrogens is 662 g/mol. The summed E-state index contributed by atoms with van der Waals surface area (Å²) >= 11 is 5.50. The number of aromatic nitrogens is 1. The number of hydrogen-bond donors (Lipinski definition) is 2. The van der Waals surface area contributed by atoms with Crippen molar-refractivity contribution in [3.8, 4) is 11.5 Å². The van der Waals surface area contributed by atoms with E-state index < -0.39 is 54.5 Å². The lowest BCUT2D eigenvalue weighted by Crippen LogP contribution is -2.32. The largest absolute Gasteiger partial charge is 0.456 e. The van der Waals surface area contributed by atoms with Crippen molar-refractivity contribution in [1.29, 1.82) is 0 Å². The lowest BCUT2D eigenvalue weighted by Gasteiger charge is -2.16. The first-order valence-electron chi connectivity index (χ1n) is 10.9. The van der Waals surface area contributed by atoms with E-state index >= 15 is 0 Å². The first-order chi connectivity index (χ1) is 17.9. The molecular formula is C23H20ClF3IN5O4S. The molecule has 202 valence electrons. The number of sulfone groups is 1. The standard InChI is InChI=1S/C23H20ClF3IN5O4S/c1-38(35,36)13-20(34)29-8-10-33-9-7-18-21(33)22(32-28-31-18)30-15-5-6-19(17(24)12-15)37-16-4-2-3-14(11-16)23(25,26)27/h2-7,9,11-12H,8,10,13H2,1H3,(H,29,34)(H,30,31,32). The van der Waals surface area contributed by atoms with Crippen LogP contribution in [0.2, 0.25) is 5.02 Å². The highest BCUT2D eigenvalue weighted by Gasteiger charge is 2.30. The van der Waals surface area contributed by atoms with Crippen LogP contribution in [-0.2, 0) is 27.4 Å². The molecule has 2 aromatic carbocycles. The molecule has 0 aliphatic carbocycles. The number of rotatable bonds is 8. The van der Waals surface area contributed by atoms with Crippen molar-refractivity contribution in [2.24, 2.45) is 6.35 Å². The predicted molar refractivity (Wildman–Crippen MR) is 146 cm³/mol. The zero-order valence-corrected chi connectivity index (χ0v) is 23.3. The van der Waals surface area contributed by atoms with Gasteiger partial charge in [0.1, 0.15) is 44.3 Å². The van der Waals surface area contributed by atoms with Gasteiger partial charge in [0, 0.05) is 31.2 Å². The van der Waals surface area contributed by atoms with Crippen LogP contribution >= 0.6 is 32.9 Å². The zero-order valence-electron chi connectivity index (χ0n) is 19.6. The number of carbonyl (C=O) groups is 1. The Bertz CT molecular complexity index is 1540. The summed E-state index contributed by atoms with van der Waals surface area (Å²) in [6, 6.07) is 11.1. The van der Waals surface area contributed by atoms with Gasteiger partial charge in [0.25, 0.3) is 0 Å². The molecule has 4 rings (SSSR count). The van der Waals surface area contributed by atoms with Crippen LogP contribution in [0.1, 0.15) is 11.3 Å². The zero-order chi connectivity index (χ0) is 27.5. The highest BCUT2D eigenvalue weighted by atomic mass is 127. The number of alkyl halides is 3. The molecule has 38 heavy (non-hydrogen) atoms. The van der Waals surface area contributed by atoms with Gasteiger partial charge in [0.15, 0.2) is 15.7 Å². The van der Waals surface area contributed by atoms with Crippen molar-refractivity contribution in [3.05, 3.63) is 71.0 Å². The number of nitrogens with one attached hydrogen (secondary N) is 2. The topological polar surface area (TPSA) is 114 Å². The van der Waals surface area contributed by atoms with Crippen molar-refractivity contribution in [3.63, 3.8) is 0 Å². The van der Waals surface area contributed by atoms with Crippen LogP contribution in [0.15, 0.2) is 61.1 Å². The number of ether oxygens (including phenoxy) is 1. The molecule has 15 heteroatoms. The SMILES string of the molecule is CS(=O)(=O)CC(=O)NCCn1ccc2c1C(Nc1ccc(Oc3cccc(C(F)(F)F)c3)c(Cl)c1)=NI=N2. The number of amides is 1. The lowest BCUT2D eigenvalue weighted by molar-refractivity contribution is -0.137. The number of nitrogens with zero attached hydrogens (tertiary/aromatic N) is 3. The third kappa shape index (κ3) is 7.32. The molecule has 0 bridgehead atoms. The molecule has 1 aromatic heterocycles. The predicted octanol–water partition coefficient (Wildman–Crippen LogP) is 5.69. The van der Waals surface area contributed by atoms with Crippen LogP contribution in [0.3, 0.4) is 0 Å². The van der Waals surface area contributed by atoms with Crippen molar-refractivity contribution < 1.29 is 31.1 Å². The quantitative estimate of drug-likeness (QED) is 0.297. The summed E-state index contributed by atoms with van der Waals surface area (Å²) in [5.41, 5.74) is 1.15. The maximum Gasteiger partial charge on any atom is 0.416 e. The van der Waals surface area contributed by atoms with E-state index in [0.717, 1.165) is 24.1 Å². The number of halogens is 5. The van der Waals surface area contributed by atoms with E-state index in [1.54, 1.807) is 18.3 Å². The highest BCUT2D eigenvalue weighted by molar-refractivity contribution is 14.1. The molecule has 0 fully saturated rings. The van der Waals surface area contributed by atoms with E-state index in [0.29, 0.717) is 23.8 Å². The first kappa shape index (κ1) is 28.0. The molecule has 0 unspecified atom stereocenters. The lowest BCUT2D eigenvalue weighted by atomic mass is 10.2. The van der Waals surface area contributed by atoms with Crippen LogP contribution in [0.4, 0.5) is 24.5 Å². The number of benzene rings is 2. The van der Waals surface area contributed by atoms with Gasteiger partial charge in [-0.25, -0.2) is 11.6 Å². The molecule has 0 atom stereocenters. The smallest absolute Gasteiger partial charge is 0.416 e. The minimum absolute atomic E-state index is 0.00319. The van der Waals surface area contributed by atoms with E-state index in [1.165, 1.54) is 18.2 Å². The van der Waals surface area contributed by atoms with E-state index in [1.807, 2.05) is 10.6 Å². The second-order valence-electron chi connectivity index (χ2n) is 8.15. The Morgan fingerprint density at radius 2 is 1.97 bits per heavy atom. The molecule has 2 N–H and O–H groups in total. The highest BCUT2D eigenvalue weighted by Crippen LogP contribution is 2.36. The maximum absolute atomic E-state index is 13.0. The molecule has 1 aliphatic heterocycles. The summed E-state index contributed by atoms with van der Waals surface area (Å²) in [5.74, 6) is -0.454. The van der Waals surface area contributed by atoms with Crippen LogP contribution in [0.25, 0.3) is 0 Å². The average Bonchev–Trinajstić information content (AvgIpc) is 3.23. The van der Waals surface area contributed by atoms with Crippen LogP contribution in [0, 0.1) is 0 Å². The Hall–Kier alpha value is -2.98. The fourth-order valence-corrected chi connectivity index (χ4v) is 5.55. The second-order valence-corrected chi connectivity index (χ2v) is 12.1. The van der Waals surface area contributed by atoms with Crippen molar-refractivity contribution in [1.82, 2.24) is 9.88 Å². The molecule has 9 nitrogen and oxygen atoms in total. The maximum atomic E-state index is 13.0. The molecule has 0 saturated heterocycles. The van der Waals surface area contributed by atoms with Gasteiger partial charge >= 0.3 is 6.18 Å². The minimum Gasteiger partial charge on any atom is -0.456 e. The fourth-order valence-electron chi connectivity index (χ4n) is 3.46. The summed E-state index contributed by atoms with van der Waals surface area (Å²) in [5, 5.41) is 5.95. The molecule has 0 spiro atoms. The van der Waals surface area contributed by atoms with E-state index in [-0.39, 0.29) is 23.1 Å². The fraction of sp³-hybridized carbons (Fsp3) is 0.217. The Labute approximate surface area is 231 Å². The van der Waals surface area contributed by atoms with Crippen molar-refractivity contribution in [2.45, 2.75) is 12.7 Å². The Balaban J connectivity index is 1.45. The number of fused-ring (bicyclic) bond motifs is 1. The third-order valence-corrected chi connectivity index (χ3v) is 7.59. The van der Waals surface area contributed by atoms with Crippen LogP contribution in [-0.4, -0.2) is 43.3 Å². The van der Waals surface area contributed by atoms with Gasteiger partial charge in [-0.3, -0.25) is 4.79 Å². The van der Waals surface area contributed by atoms with Crippen LogP contribution in [0.5, 0.6) is 11.5 Å². The molecule has 2 heterocycles. The summed E-state index contributed by atoms with van der Waals surface area (Å²) in [6.07, 6.45) is -1.71. The average molecular weight is 682 g/mol. The first-order valence-corrected chi connectivity index (χ1v) is 15.2. The van der Waals surface area contributed by atoms with E-state index in [2.05, 4.69) is 17.0 Å². The van der Waals surface area contributed by atoms with E-state index in [9.17, 15) is 26.4 Å². The molecule has 1 amide bonds. The third-order valence-electron chi connectivity index (χ3n) is 5.07. The normalized spacial score (nSPS) is 13.2. The number of amidine groups is 1. The van der Waals surface area contributed by atoms with Gasteiger partial charge in [-0.05, 0) is 42.5 Å². The van der Waals surface area contributed by atoms with Gasteiger partial charge in [-0.15, -0.1) is 0 Å². The van der Waals surface area contributed by atoms with Gasteiger partial charge in [-0.1, -0.05) is 17.7 Å². The van der Waals surface area contributed by atoms with Gasteiger partial charge < -0.3 is 19.9 Å². The second kappa shape index (κ2) is 11.4. The summed E-state index contributed by atoms with van der Waals surface area (Å²) in [7, 11) is -3.42. The Morgan fingerprint density at radius 3 is 2.68 bits per heavy atom. The Morgan fingerprint density at radius 1 is 1.18 bits per heavy atom. The van der Waals surface area contributed by atoms with Gasteiger partial charge in [-0.2, -0.15) is 16.4 Å². The monoisotopic (exact) mass is 681 g/mol. The molecule has 0 radical (unpaired) electrons. The number of anilines is 1. The van der Waals surface area contributed by atoms with Crippen molar-refractivity contribution in [2.75, 3.05) is 23.9 Å². The van der Waals surface area contributed by atoms with Crippen LogP contribution < -0.4 is 15.4 Å². The molecule has 1 aliphatic rings. The summed E-state index contributed by atoms with van der Waals surface area (Å²) in [4.78, 5) is 11.8. The minimum atomic E-state index is -4.50. The molecule has 3 aromatic rings. The summed E-state index contributed by atoms with van der Waals surface area (Å²) < 4.78 is 77.9. The number of carbonyl (C=O) groups excluding carboxylic acids is 1. The van der Waals surface area contributed by atoms with E-state index in [4.69, 9.17) is 16.3 Å². The van der Waals surface area contributed by atoms with Gasteiger partial charge in [0.2, 0.25) is 5.91 Å². The molecule has 0 saturated carbocycles. The van der Waals surface area contributed by atoms with Gasteiger partial charge in [0.05, 0.1) is 16.3 Å². The number of hydrogen-bond acceptors (Lipinski definition) is 7. The van der Waals surface area contributed by atoms with Crippen molar-refractivity contribution >= 4 is 65.9 Å². The Kier molecular flexibility index (Phi) is 8.42.